The fraction of sp³-hybridized carbons (Fsp3) is 0.455. The molecule has 5 heteroatoms. The lowest BCUT2D eigenvalue weighted by Gasteiger charge is -2.24. The van der Waals surface area contributed by atoms with Crippen molar-refractivity contribution in [3.05, 3.63) is 24.0 Å². The van der Waals surface area contributed by atoms with E-state index in [1.165, 1.54) is 18.6 Å². The van der Waals surface area contributed by atoms with Crippen LogP contribution in [0.25, 0.3) is 0 Å². The Morgan fingerprint density at radius 3 is 3.19 bits per heavy atom. The van der Waals surface area contributed by atoms with E-state index in [4.69, 9.17) is 18.0 Å². The van der Waals surface area contributed by atoms with Crippen LogP contribution in [0.3, 0.4) is 0 Å². The molecule has 1 aliphatic heterocycles. The number of anilines is 1. The number of aromatic nitrogens is 1. The normalized spacial score (nSPS) is 20.4. The first-order valence-corrected chi connectivity index (χ1v) is 6.93. The predicted molar refractivity (Wildman–Crippen MR) is 74.1 cm³/mol. The van der Waals surface area contributed by atoms with Gasteiger partial charge in [0, 0.05) is 18.0 Å². The van der Waals surface area contributed by atoms with Crippen LogP contribution in [0, 0.1) is 0 Å². The molecule has 2 rings (SSSR count). The Morgan fingerprint density at radius 1 is 1.62 bits per heavy atom. The third kappa shape index (κ3) is 2.86. The summed E-state index contributed by atoms with van der Waals surface area (Å²) < 4.78 is 0. The van der Waals surface area contributed by atoms with Crippen molar-refractivity contribution in [1.29, 1.82) is 0 Å². The maximum atomic E-state index is 5.64. The van der Waals surface area contributed by atoms with Crippen molar-refractivity contribution >= 4 is 34.7 Å². The minimum absolute atomic E-state index is 0.353. The molecule has 3 nitrogen and oxygen atoms in total. The van der Waals surface area contributed by atoms with E-state index >= 15 is 0 Å². The van der Waals surface area contributed by atoms with E-state index in [1.54, 1.807) is 6.20 Å². The minimum atomic E-state index is 0.353. The zero-order chi connectivity index (χ0) is 11.4. The van der Waals surface area contributed by atoms with Crippen LogP contribution in [0.5, 0.6) is 0 Å². The van der Waals surface area contributed by atoms with Gasteiger partial charge in [-0.3, -0.25) is 4.98 Å². The number of thioether (sulfide) groups is 1. The Labute approximate surface area is 105 Å². The van der Waals surface area contributed by atoms with Gasteiger partial charge in [-0.15, -0.1) is 0 Å². The van der Waals surface area contributed by atoms with Crippen molar-refractivity contribution in [2.24, 2.45) is 5.73 Å². The summed E-state index contributed by atoms with van der Waals surface area (Å²) in [6.45, 7) is 0. The summed E-state index contributed by atoms with van der Waals surface area (Å²) >= 11 is 6.98. The summed E-state index contributed by atoms with van der Waals surface area (Å²) in [5.41, 5.74) is 7.31. The van der Waals surface area contributed by atoms with Gasteiger partial charge in [-0.25, -0.2) is 0 Å². The van der Waals surface area contributed by atoms with Crippen LogP contribution in [-0.2, 0) is 0 Å². The number of nitrogens with zero attached hydrogens (tertiary/aromatic N) is 1. The number of rotatable bonds is 3. The van der Waals surface area contributed by atoms with Gasteiger partial charge in [0.2, 0.25) is 0 Å². The van der Waals surface area contributed by atoms with Gasteiger partial charge in [-0.2, -0.15) is 11.8 Å². The molecule has 16 heavy (non-hydrogen) atoms. The molecule has 1 aliphatic rings. The van der Waals surface area contributed by atoms with E-state index in [1.807, 2.05) is 23.9 Å². The molecule has 3 N–H and O–H groups in total. The van der Waals surface area contributed by atoms with Crippen LogP contribution < -0.4 is 11.1 Å². The topological polar surface area (TPSA) is 50.9 Å². The SMILES string of the molecule is NC(=S)c1ncccc1NC1CCCSC1. The van der Waals surface area contributed by atoms with Crippen LogP contribution in [0.4, 0.5) is 5.69 Å². The van der Waals surface area contributed by atoms with E-state index < -0.39 is 0 Å². The van der Waals surface area contributed by atoms with Gasteiger partial charge in [0.25, 0.3) is 0 Å². The third-order valence-corrected chi connectivity index (χ3v) is 3.97. The van der Waals surface area contributed by atoms with Gasteiger partial charge < -0.3 is 11.1 Å². The van der Waals surface area contributed by atoms with Crippen molar-refractivity contribution in [2.75, 3.05) is 16.8 Å². The molecule has 0 saturated carbocycles. The Bertz CT molecular complexity index is 375. The minimum Gasteiger partial charge on any atom is -0.388 e. The van der Waals surface area contributed by atoms with E-state index in [-0.39, 0.29) is 0 Å². The molecule has 0 aliphatic carbocycles. The summed E-state index contributed by atoms with van der Waals surface area (Å²) in [6, 6.07) is 4.40. The Kier molecular flexibility index (Phi) is 4.01. The van der Waals surface area contributed by atoms with Crippen molar-refractivity contribution < 1.29 is 0 Å². The molecule has 1 aromatic heterocycles. The fourth-order valence-electron chi connectivity index (χ4n) is 1.79. The number of hydrogen-bond donors (Lipinski definition) is 2. The first kappa shape index (κ1) is 11.7. The molecule has 1 unspecified atom stereocenters. The van der Waals surface area contributed by atoms with Gasteiger partial charge in [-0.1, -0.05) is 12.2 Å². The zero-order valence-corrected chi connectivity index (χ0v) is 10.6. The highest BCUT2D eigenvalue weighted by atomic mass is 32.2. The molecule has 1 fully saturated rings. The Hall–Kier alpha value is -0.810. The molecule has 0 radical (unpaired) electrons. The molecular weight excluding hydrogens is 238 g/mol. The van der Waals surface area contributed by atoms with Gasteiger partial charge in [-0.05, 0) is 30.7 Å². The summed E-state index contributed by atoms with van der Waals surface area (Å²) in [6.07, 6.45) is 4.19. The molecule has 0 spiro atoms. The number of nitrogens with one attached hydrogen (secondary N) is 1. The Morgan fingerprint density at radius 2 is 2.50 bits per heavy atom. The summed E-state index contributed by atoms with van der Waals surface area (Å²) in [7, 11) is 0. The molecule has 1 saturated heterocycles. The molecule has 1 atom stereocenters. The lowest BCUT2D eigenvalue weighted by atomic mass is 10.1. The first-order valence-electron chi connectivity index (χ1n) is 5.36. The maximum Gasteiger partial charge on any atom is 0.124 e. The Balaban J connectivity index is 2.10. The van der Waals surface area contributed by atoms with Gasteiger partial charge in [0.1, 0.15) is 10.7 Å². The average molecular weight is 253 g/mol. The summed E-state index contributed by atoms with van der Waals surface area (Å²) in [5.74, 6) is 2.42. The monoisotopic (exact) mass is 253 g/mol. The van der Waals surface area contributed by atoms with E-state index in [0.717, 1.165) is 11.4 Å². The van der Waals surface area contributed by atoms with E-state index in [9.17, 15) is 0 Å². The lowest BCUT2D eigenvalue weighted by molar-refractivity contribution is 0.684. The smallest absolute Gasteiger partial charge is 0.124 e. The lowest BCUT2D eigenvalue weighted by Crippen LogP contribution is -2.27. The second-order valence-electron chi connectivity index (χ2n) is 3.82. The van der Waals surface area contributed by atoms with Crippen molar-refractivity contribution in [3.63, 3.8) is 0 Å². The van der Waals surface area contributed by atoms with Crippen LogP contribution in [0.15, 0.2) is 18.3 Å². The van der Waals surface area contributed by atoms with Gasteiger partial charge >= 0.3 is 0 Å². The summed E-state index contributed by atoms with van der Waals surface area (Å²) in [5, 5.41) is 3.48. The highest BCUT2D eigenvalue weighted by molar-refractivity contribution is 7.99. The van der Waals surface area contributed by atoms with Crippen LogP contribution in [0.1, 0.15) is 18.5 Å². The molecule has 0 amide bonds. The van der Waals surface area contributed by atoms with Crippen LogP contribution >= 0.6 is 24.0 Å². The number of thiocarbonyl (C=S) groups is 1. The number of hydrogen-bond acceptors (Lipinski definition) is 4. The molecular formula is C11H15N3S2. The standard InChI is InChI=1S/C11H15N3S2/c12-11(15)10-9(4-1-5-13-10)14-8-3-2-6-16-7-8/h1,4-5,8,14H,2-3,6-7H2,(H2,12,15). The second-order valence-corrected chi connectivity index (χ2v) is 5.41. The molecule has 86 valence electrons. The van der Waals surface area contributed by atoms with Crippen LogP contribution in [0.2, 0.25) is 0 Å². The summed E-state index contributed by atoms with van der Waals surface area (Å²) in [4.78, 5) is 4.56. The molecule has 2 heterocycles. The number of pyridine rings is 1. The van der Waals surface area contributed by atoms with Crippen LogP contribution in [-0.4, -0.2) is 27.5 Å². The van der Waals surface area contributed by atoms with E-state index in [0.29, 0.717) is 16.7 Å². The predicted octanol–water partition coefficient (Wildman–Crippen LogP) is 2.02. The van der Waals surface area contributed by atoms with Gasteiger partial charge in [0.15, 0.2) is 0 Å². The molecule has 1 aromatic rings. The molecule has 0 bridgehead atoms. The highest BCUT2D eigenvalue weighted by Gasteiger charge is 2.15. The average Bonchev–Trinajstić information content (AvgIpc) is 2.31. The van der Waals surface area contributed by atoms with Crippen molar-refractivity contribution in [1.82, 2.24) is 4.98 Å². The fourth-order valence-corrected chi connectivity index (χ4v) is 3.03. The maximum absolute atomic E-state index is 5.64. The van der Waals surface area contributed by atoms with Crippen molar-refractivity contribution in [2.45, 2.75) is 18.9 Å². The third-order valence-electron chi connectivity index (χ3n) is 2.56. The highest BCUT2D eigenvalue weighted by Crippen LogP contribution is 2.22. The quantitative estimate of drug-likeness (QED) is 0.807. The largest absolute Gasteiger partial charge is 0.388 e. The van der Waals surface area contributed by atoms with Gasteiger partial charge in [0.05, 0.1) is 5.69 Å². The molecule has 0 aromatic carbocycles. The zero-order valence-electron chi connectivity index (χ0n) is 8.98. The second kappa shape index (κ2) is 5.50. The first-order chi connectivity index (χ1) is 7.77. The van der Waals surface area contributed by atoms with E-state index in [2.05, 4.69) is 10.3 Å². The van der Waals surface area contributed by atoms with Crippen molar-refractivity contribution in [3.8, 4) is 0 Å². The number of nitrogens with two attached hydrogens (primary N) is 1.